The molecule has 0 radical (unpaired) electrons. The average molecular weight is 261 g/mol. The Hall–Kier alpha value is -2.25. The maximum absolute atomic E-state index is 12.5. The first-order valence-electron chi connectivity index (χ1n) is 4.66. The Kier molecular flexibility index (Phi) is 3.79. The van der Waals surface area contributed by atoms with Gasteiger partial charge in [0, 0.05) is 5.56 Å². The van der Waals surface area contributed by atoms with Gasteiger partial charge in [-0.3, -0.25) is 10.7 Å². The number of amidine groups is 1. The van der Waals surface area contributed by atoms with Crippen molar-refractivity contribution < 1.29 is 22.7 Å². The van der Waals surface area contributed by atoms with Crippen molar-refractivity contribution in [2.45, 2.75) is 6.18 Å². The Morgan fingerprint density at radius 2 is 2.06 bits per heavy atom. The number of carbonyl (C=O) groups is 1. The van der Waals surface area contributed by atoms with Crippen LogP contribution in [0.3, 0.4) is 0 Å². The molecule has 5 nitrogen and oxygen atoms in total. The molecule has 8 heteroatoms. The average Bonchev–Trinajstić information content (AvgIpc) is 2.27. The summed E-state index contributed by atoms with van der Waals surface area (Å²) >= 11 is 0. The number of hydrogen-bond acceptors (Lipinski definition) is 3. The third-order valence-corrected chi connectivity index (χ3v) is 2.06. The number of nitrogens with one attached hydrogen (secondary N) is 2. The van der Waals surface area contributed by atoms with E-state index in [0.717, 1.165) is 19.2 Å². The number of benzene rings is 1. The molecule has 0 bridgehead atoms. The predicted molar refractivity (Wildman–Crippen MR) is 58.5 cm³/mol. The summed E-state index contributed by atoms with van der Waals surface area (Å²) < 4.78 is 41.7. The summed E-state index contributed by atoms with van der Waals surface area (Å²) in [5, 5.41) is 9.37. The predicted octanol–water partition coefficient (Wildman–Crippen LogP) is 2.17. The van der Waals surface area contributed by atoms with Crippen LogP contribution in [0, 0.1) is 5.41 Å². The highest BCUT2D eigenvalue weighted by Gasteiger charge is 2.31. The van der Waals surface area contributed by atoms with E-state index in [4.69, 9.17) is 11.1 Å². The van der Waals surface area contributed by atoms with Crippen LogP contribution in [0.5, 0.6) is 0 Å². The Morgan fingerprint density at radius 3 is 2.50 bits per heavy atom. The van der Waals surface area contributed by atoms with Crippen LogP contribution in [-0.2, 0) is 10.9 Å². The summed E-state index contributed by atoms with van der Waals surface area (Å²) in [7, 11) is 1.10. The summed E-state index contributed by atoms with van der Waals surface area (Å²) in [5.41, 5.74) is 3.96. The SMILES string of the molecule is COC(=O)Nc1ccc(C(F)(F)F)cc1C(=N)N. The normalized spacial score (nSPS) is 10.9. The van der Waals surface area contributed by atoms with Gasteiger partial charge in [0.05, 0.1) is 18.4 Å². The number of methoxy groups -OCH3 is 1. The second-order valence-corrected chi connectivity index (χ2v) is 3.29. The number of nitrogens with two attached hydrogens (primary N) is 1. The largest absolute Gasteiger partial charge is 0.453 e. The standard InChI is InChI=1S/C10H10F3N3O2/c1-18-9(17)16-7-3-2-5(10(11,12)13)4-6(7)8(14)15/h2-4H,1H3,(H3,14,15)(H,16,17). The van der Waals surface area contributed by atoms with Crippen molar-refractivity contribution in [1.82, 2.24) is 0 Å². The Labute approximate surface area is 100 Å². The topological polar surface area (TPSA) is 88.2 Å². The second-order valence-electron chi connectivity index (χ2n) is 3.29. The first-order valence-corrected chi connectivity index (χ1v) is 4.66. The minimum Gasteiger partial charge on any atom is -0.453 e. The number of amides is 1. The lowest BCUT2D eigenvalue weighted by molar-refractivity contribution is -0.137. The highest BCUT2D eigenvalue weighted by molar-refractivity contribution is 6.03. The summed E-state index contributed by atoms with van der Waals surface area (Å²) in [4.78, 5) is 11.0. The minimum atomic E-state index is -4.55. The van der Waals surface area contributed by atoms with Gasteiger partial charge in [-0.25, -0.2) is 4.79 Å². The van der Waals surface area contributed by atoms with E-state index in [1.807, 2.05) is 0 Å². The van der Waals surface area contributed by atoms with Crippen LogP contribution in [0.2, 0.25) is 0 Å². The summed E-state index contributed by atoms with van der Waals surface area (Å²) in [5.74, 6) is -0.590. The summed E-state index contributed by atoms with van der Waals surface area (Å²) in [6, 6.07) is 2.47. The highest BCUT2D eigenvalue weighted by Crippen LogP contribution is 2.31. The molecule has 0 saturated carbocycles. The van der Waals surface area contributed by atoms with Crippen molar-refractivity contribution in [2.24, 2.45) is 5.73 Å². The number of nitrogen functional groups attached to an aromatic ring is 1. The van der Waals surface area contributed by atoms with E-state index in [1.54, 1.807) is 0 Å². The second kappa shape index (κ2) is 4.94. The zero-order chi connectivity index (χ0) is 13.9. The number of hydrogen-bond donors (Lipinski definition) is 3. The van der Waals surface area contributed by atoms with Gasteiger partial charge in [0.2, 0.25) is 0 Å². The van der Waals surface area contributed by atoms with E-state index >= 15 is 0 Å². The quantitative estimate of drug-likeness (QED) is 0.563. The molecule has 0 fully saturated rings. The molecule has 0 aliphatic heterocycles. The van der Waals surface area contributed by atoms with Crippen LogP contribution >= 0.6 is 0 Å². The molecule has 0 heterocycles. The molecule has 98 valence electrons. The third-order valence-electron chi connectivity index (χ3n) is 2.06. The van der Waals surface area contributed by atoms with Gasteiger partial charge in [-0.1, -0.05) is 0 Å². The van der Waals surface area contributed by atoms with Gasteiger partial charge >= 0.3 is 12.3 Å². The number of halogens is 3. The van der Waals surface area contributed by atoms with E-state index in [1.165, 1.54) is 0 Å². The molecule has 0 aliphatic carbocycles. The Bertz CT molecular complexity index is 486. The molecule has 1 aromatic carbocycles. The molecule has 1 aromatic rings. The molecule has 0 aromatic heterocycles. The number of alkyl halides is 3. The van der Waals surface area contributed by atoms with Crippen LogP contribution in [0.4, 0.5) is 23.7 Å². The van der Waals surface area contributed by atoms with Gasteiger partial charge in [-0.2, -0.15) is 13.2 Å². The lowest BCUT2D eigenvalue weighted by atomic mass is 10.1. The van der Waals surface area contributed by atoms with Crippen molar-refractivity contribution in [3.8, 4) is 0 Å². The lowest BCUT2D eigenvalue weighted by Gasteiger charge is -2.13. The van der Waals surface area contributed by atoms with Gasteiger partial charge in [-0.05, 0) is 18.2 Å². The monoisotopic (exact) mass is 261 g/mol. The first kappa shape index (κ1) is 13.8. The van der Waals surface area contributed by atoms with Gasteiger partial charge in [0.15, 0.2) is 0 Å². The summed E-state index contributed by atoms with van der Waals surface area (Å²) in [6.45, 7) is 0. The van der Waals surface area contributed by atoms with Gasteiger partial charge in [0.25, 0.3) is 0 Å². The fraction of sp³-hybridized carbons (Fsp3) is 0.200. The first-order chi connectivity index (χ1) is 8.25. The van der Waals surface area contributed by atoms with E-state index in [-0.39, 0.29) is 11.3 Å². The third kappa shape index (κ3) is 3.12. The highest BCUT2D eigenvalue weighted by atomic mass is 19.4. The van der Waals surface area contributed by atoms with Crippen LogP contribution in [0.15, 0.2) is 18.2 Å². The number of ether oxygens (including phenoxy) is 1. The van der Waals surface area contributed by atoms with Gasteiger partial charge in [-0.15, -0.1) is 0 Å². The van der Waals surface area contributed by atoms with Crippen LogP contribution in [0.1, 0.15) is 11.1 Å². The molecule has 1 rings (SSSR count). The van der Waals surface area contributed by atoms with Gasteiger partial charge in [0.1, 0.15) is 5.84 Å². The maximum Gasteiger partial charge on any atom is 0.416 e. The van der Waals surface area contributed by atoms with Crippen molar-refractivity contribution in [1.29, 1.82) is 5.41 Å². The molecule has 4 N–H and O–H groups in total. The molecule has 0 unspecified atom stereocenters. The van der Waals surface area contributed by atoms with E-state index in [9.17, 15) is 18.0 Å². The smallest absolute Gasteiger partial charge is 0.416 e. The van der Waals surface area contributed by atoms with Crippen molar-refractivity contribution >= 4 is 17.6 Å². The molecule has 0 saturated heterocycles. The van der Waals surface area contributed by atoms with Crippen molar-refractivity contribution in [3.05, 3.63) is 29.3 Å². The van der Waals surface area contributed by atoms with Crippen LogP contribution in [0.25, 0.3) is 0 Å². The van der Waals surface area contributed by atoms with E-state index in [0.29, 0.717) is 6.07 Å². The zero-order valence-corrected chi connectivity index (χ0v) is 9.26. The van der Waals surface area contributed by atoms with Crippen molar-refractivity contribution in [3.63, 3.8) is 0 Å². The fourth-order valence-corrected chi connectivity index (χ4v) is 1.21. The fourth-order valence-electron chi connectivity index (χ4n) is 1.21. The lowest BCUT2D eigenvalue weighted by Crippen LogP contribution is -2.19. The van der Waals surface area contributed by atoms with Crippen LogP contribution < -0.4 is 11.1 Å². The number of anilines is 1. The van der Waals surface area contributed by atoms with E-state index in [2.05, 4.69) is 10.1 Å². The number of rotatable bonds is 2. The zero-order valence-electron chi connectivity index (χ0n) is 9.26. The summed E-state index contributed by atoms with van der Waals surface area (Å²) in [6.07, 6.45) is -5.41. The molecule has 0 aliphatic rings. The minimum absolute atomic E-state index is 0.0256. The molecular weight excluding hydrogens is 251 g/mol. The maximum atomic E-state index is 12.5. The van der Waals surface area contributed by atoms with Gasteiger partial charge < -0.3 is 10.5 Å². The molecule has 1 amide bonds. The number of carbonyl (C=O) groups excluding carboxylic acids is 1. The molecule has 0 atom stereocenters. The molecule has 18 heavy (non-hydrogen) atoms. The van der Waals surface area contributed by atoms with Crippen LogP contribution in [-0.4, -0.2) is 19.0 Å². The molecular formula is C10H10F3N3O2. The molecule has 0 spiro atoms. The Balaban J connectivity index is 3.21. The van der Waals surface area contributed by atoms with E-state index < -0.39 is 23.7 Å². The van der Waals surface area contributed by atoms with Crippen molar-refractivity contribution in [2.75, 3.05) is 12.4 Å². The Morgan fingerprint density at radius 1 is 1.44 bits per heavy atom.